The summed E-state index contributed by atoms with van der Waals surface area (Å²) in [5.74, 6) is -0.849. The smallest absolute Gasteiger partial charge is 0.408 e. The lowest BCUT2D eigenvalue weighted by Crippen LogP contribution is -2.12. The van der Waals surface area contributed by atoms with Gasteiger partial charge in [-0.2, -0.15) is 0 Å². The molecule has 0 saturated heterocycles. The molecule has 3 rings (SSSR count). The molecule has 0 saturated carbocycles. The number of aromatic amines is 1. The molecule has 6 nitrogen and oxygen atoms in total. The second-order valence-electron chi connectivity index (χ2n) is 4.50. The molecule has 21 heavy (non-hydrogen) atoms. The predicted molar refractivity (Wildman–Crippen MR) is 78.8 cm³/mol. The van der Waals surface area contributed by atoms with Crippen LogP contribution in [0.25, 0.3) is 11.1 Å². The molecular weight excluding hydrogens is 294 g/mol. The van der Waals surface area contributed by atoms with Crippen LogP contribution in [-0.2, 0) is 0 Å². The molecule has 0 radical (unpaired) electrons. The molecule has 0 atom stereocenters. The number of hydrogen-bond acceptors (Lipinski definition) is 4. The number of hydrogen-bond donors (Lipinski definition) is 2. The number of fused-ring (bicyclic) bond motifs is 1. The first kappa shape index (κ1) is 13.4. The third kappa shape index (κ3) is 2.80. The highest BCUT2D eigenvalue weighted by Gasteiger charge is 2.10. The van der Waals surface area contributed by atoms with Gasteiger partial charge in [0.25, 0.3) is 5.91 Å². The molecule has 3 aromatic rings. The Morgan fingerprint density at radius 1 is 1.33 bits per heavy atom. The number of halogens is 1. The quantitative estimate of drug-likeness (QED) is 0.712. The molecule has 0 fully saturated rings. The summed E-state index contributed by atoms with van der Waals surface area (Å²) < 4.78 is 4.89. The van der Waals surface area contributed by atoms with Crippen molar-refractivity contribution in [2.75, 3.05) is 5.32 Å². The van der Waals surface area contributed by atoms with Gasteiger partial charge in [-0.15, -0.1) is 0 Å². The fourth-order valence-electron chi connectivity index (χ4n) is 1.99. The molecule has 106 valence electrons. The highest BCUT2D eigenvalue weighted by molar-refractivity contribution is 6.29. The standard InChI is InChI=1S/C14H10ClN3O3/c1-7-4-8(5-12(15)16-7)13(19)17-9-2-3-11-10(6-9)18-14(20)21-11/h2-6H,1H3,(H,17,19)(H,18,20). The first-order valence-electron chi connectivity index (χ1n) is 6.10. The molecule has 0 aliphatic heterocycles. The van der Waals surface area contributed by atoms with Crippen LogP contribution in [0.3, 0.4) is 0 Å². The lowest BCUT2D eigenvalue weighted by atomic mass is 10.2. The fraction of sp³-hybridized carbons (Fsp3) is 0.0714. The molecular formula is C14H10ClN3O3. The van der Waals surface area contributed by atoms with Gasteiger partial charge in [-0.1, -0.05) is 11.6 Å². The second kappa shape index (κ2) is 5.06. The number of benzene rings is 1. The molecule has 2 N–H and O–H groups in total. The van der Waals surface area contributed by atoms with Gasteiger partial charge >= 0.3 is 5.76 Å². The molecule has 0 spiro atoms. The second-order valence-corrected chi connectivity index (χ2v) is 4.89. The van der Waals surface area contributed by atoms with Crippen LogP contribution in [0.15, 0.2) is 39.5 Å². The van der Waals surface area contributed by atoms with E-state index in [9.17, 15) is 9.59 Å². The van der Waals surface area contributed by atoms with Crippen molar-refractivity contribution in [3.63, 3.8) is 0 Å². The lowest BCUT2D eigenvalue weighted by Gasteiger charge is -2.06. The van der Waals surface area contributed by atoms with Gasteiger partial charge in [-0.3, -0.25) is 9.78 Å². The van der Waals surface area contributed by atoms with Gasteiger partial charge in [0.15, 0.2) is 5.58 Å². The highest BCUT2D eigenvalue weighted by atomic mass is 35.5. The minimum absolute atomic E-state index is 0.259. The average Bonchev–Trinajstić information content (AvgIpc) is 2.77. The number of pyridine rings is 1. The Bertz CT molecular complexity index is 878. The number of amides is 1. The summed E-state index contributed by atoms with van der Waals surface area (Å²) in [6.45, 7) is 1.75. The highest BCUT2D eigenvalue weighted by Crippen LogP contribution is 2.18. The van der Waals surface area contributed by atoms with Gasteiger partial charge in [-0.25, -0.2) is 9.78 Å². The van der Waals surface area contributed by atoms with Gasteiger partial charge in [0, 0.05) is 16.9 Å². The fourth-order valence-corrected chi connectivity index (χ4v) is 2.24. The number of aryl methyl sites for hydroxylation is 1. The maximum atomic E-state index is 12.2. The zero-order chi connectivity index (χ0) is 15.0. The Balaban J connectivity index is 1.90. The van der Waals surface area contributed by atoms with Crippen LogP contribution in [-0.4, -0.2) is 15.9 Å². The van der Waals surface area contributed by atoms with E-state index >= 15 is 0 Å². The van der Waals surface area contributed by atoms with Crippen molar-refractivity contribution in [1.82, 2.24) is 9.97 Å². The third-order valence-electron chi connectivity index (χ3n) is 2.86. The van der Waals surface area contributed by atoms with Gasteiger partial charge in [0.1, 0.15) is 5.15 Å². The number of oxazole rings is 1. The molecule has 1 amide bonds. The Morgan fingerprint density at radius 3 is 2.90 bits per heavy atom. The number of H-pyrrole nitrogens is 1. The van der Waals surface area contributed by atoms with Crippen molar-refractivity contribution in [3.8, 4) is 0 Å². The minimum atomic E-state index is -0.537. The van der Waals surface area contributed by atoms with E-state index in [0.29, 0.717) is 28.0 Å². The van der Waals surface area contributed by atoms with Crippen LogP contribution in [0.1, 0.15) is 16.1 Å². The van der Waals surface area contributed by atoms with E-state index in [4.69, 9.17) is 16.0 Å². The van der Waals surface area contributed by atoms with E-state index < -0.39 is 5.76 Å². The molecule has 0 unspecified atom stereocenters. The maximum absolute atomic E-state index is 12.2. The molecule has 0 aliphatic carbocycles. The molecule has 0 aliphatic rings. The van der Waals surface area contributed by atoms with Crippen LogP contribution in [0.2, 0.25) is 5.15 Å². The van der Waals surface area contributed by atoms with Gasteiger partial charge in [0.2, 0.25) is 0 Å². The number of anilines is 1. The van der Waals surface area contributed by atoms with Crippen molar-refractivity contribution < 1.29 is 9.21 Å². The Hall–Kier alpha value is -2.60. The minimum Gasteiger partial charge on any atom is -0.408 e. The summed E-state index contributed by atoms with van der Waals surface area (Å²) >= 11 is 5.83. The Morgan fingerprint density at radius 2 is 2.14 bits per heavy atom. The summed E-state index contributed by atoms with van der Waals surface area (Å²) in [5, 5.41) is 2.98. The largest absolute Gasteiger partial charge is 0.417 e. The van der Waals surface area contributed by atoms with E-state index in [0.717, 1.165) is 0 Å². The van der Waals surface area contributed by atoms with Crippen molar-refractivity contribution in [2.24, 2.45) is 0 Å². The number of nitrogens with one attached hydrogen (secondary N) is 2. The van der Waals surface area contributed by atoms with E-state index in [2.05, 4.69) is 15.3 Å². The number of aromatic nitrogens is 2. The zero-order valence-corrected chi connectivity index (χ0v) is 11.7. The number of nitrogens with zero attached hydrogens (tertiary/aromatic N) is 1. The summed E-state index contributed by atoms with van der Waals surface area (Å²) in [5.41, 5.74) is 2.55. The van der Waals surface area contributed by atoms with Gasteiger partial charge in [0.05, 0.1) is 5.52 Å². The molecule has 1 aromatic carbocycles. The monoisotopic (exact) mass is 303 g/mol. The van der Waals surface area contributed by atoms with Crippen LogP contribution in [0, 0.1) is 6.92 Å². The number of rotatable bonds is 2. The normalized spacial score (nSPS) is 10.8. The molecule has 0 bridgehead atoms. The van der Waals surface area contributed by atoms with E-state index in [-0.39, 0.29) is 11.1 Å². The van der Waals surface area contributed by atoms with Crippen LogP contribution >= 0.6 is 11.6 Å². The Kier molecular flexibility index (Phi) is 3.23. The van der Waals surface area contributed by atoms with Crippen molar-refractivity contribution in [1.29, 1.82) is 0 Å². The first-order chi connectivity index (χ1) is 10.0. The molecule has 7 heteroatoms. The topological polar surface area (TPSA) is 88.0 Å². The Labute approximate surface area is 123 Å². The average molecular weight is 304 g/mol. The summed E-state index contributed by atoms with van der Waals surface area (Å²) in [7, 11) is 0. The SMILES string of the molecule is Cc1cc(C(=O)Nc2ccc3oc(=O)[nH]c3c2)cc(Cl)n1. The summed E-state index contributed by atoms with van der Waals surface area (Å²) in [6, 6.07) is 8.00. The number of carbonyl (C=O) groups excluding carboxylic acids is 1. The van der Waals surface area contributed by atoms with Crippen molar-refractivity contribution in [3.05, 3.63) is 57.3 Å². The predicted octanol–water partition coefficient (Wildman–Crippen LogP) is 2.73. The van der Waals surface area contributed by atoms with Crippen molar-refractivity contribution in [2.45, 2.75) is 6.92 Å². The van der Waals surface area contributed by atoms with E-state index in [1.807, 2.05) is 0 Å². The molecule has 2 heterocycles. The van der Waals surface area contributed by atoms with Gasteiger partial charge in [-0.05, 0) is 37.3 Å². The zero-order valence-electron chi connectivity index (χ0n) is 10.9. The van der Waals surface area contributed by atoms with E-state index in [1.54, 1.807) is 31.2 Å². The summed E-state index contributed by atoms with van der Waals surface area (Å²) in [4.78, 5) is 29.8. The van der Waals surface area contributed by atoms with Crippen LogP contribution in [0.5, 0.6) is 0 Å². The number of carbonyl (C=O) groups is 1. The van der Waals surface area contributed by atoms with E-state index in [1.165, 1.54) is 6.07 Å². The van der Waals surface area contributed by atoms with Crippen LogP contribution in [0.4, 0.5) is 5.69 Å². The van der Waals surface area contributed by atoms with Crippen LogP contribution < -0.4 is 11.1 Å². The lowest BCUT2D eigenvalue weighted by molar-refractivity contribution is 0.102. The van der Waals surface area contributed by atoms with Gasteiger partial charge < -0.3 is 9.73 Å². The van der Waals surface area contributed by atoms with Crippen molar-refractivity contribution >= 4 is 34.3 Å². The molecule has 2 aromatic heterocycles. The third-order valence-corrected chi connectivity index (χ3v) is 3.05. The first-order valence-corrected chi connectivity index (χ1v) is 6.47. The maximum Gasteiger partial charge on any atom is 0.417 e. The summed E-state index contributed by atoms with van der Waals surface area (Å²) in [6.07, 6.45) is 0.